The van der Waals surface area contributed by atoms with Gasteiger partial charge in [-0.15, -0.1) is 0 Å². The highest BCUT2D eigenvalue weighted by Gasteiger charge is 2.39. The number of nitrogens with zero attached hydrogens (tertiary/aromatic N) is 4. The van der Waals surface area contributed by atoms with Crippen LogP contribution < -0.4 is 40.7 Å². The van der Waals surface area contributed by atoms with Gasteiger partial charge >= 0.3 is 0 Å². The lowest BCUT2D eigenvalue weighted by Crippen LogP contribution is -2.38. The molecule has 8 N–H and O–H groups in total. The van der Waals surface area contributed by atoms with Crippen LogP contribution in [0.2, 0.25) is 0 Å². The molecule has 12 nitrogen and oxygen atoms in total. The molecule has 0 aromatic rings. The van der Waals surface area contributed by atoms with E-state index < -0.39 is 30.0 Å². The summed E-state index contributed by atoms with van der Waals surface area (Å²) in [5.41, 5.74) is 0. The zero-order valence-corrected chi connectivity index (χ0v) is 31.8. The van der Waals surface area contributed by atoms with Crippen LogP contribution in [-0.4, -0.2) is 48.3 Å². The Morgan fingerprint density at radius 3 is 0.425 bits per heavy atom. The van der Waals surface area contributed by atoms with E-state index in [0.29, 0.717) is 0 Å². The molecule has 0 atom stereocenters. The van der Waals surface area contributed by atoms with Crippen LogP contribution in [0.3, 0.4) is 0 Å². The van der Waals surface area contributed by atoms with E-state index in [0.717, 1.165) is 0 Å². The average Bonchev–Trinajstić information content (AvgIpc) is 2.60. The van der Waals surface area contributed by atoms with E-state index >= 15 is 0 Å². The molecular weight excluding hydrogens is 580 g/mol. The lowest BCUT2D eigenvalue weighted by Gasteiger charge is -2.41. The normalized spacial score (nSPS) is 20.2. The van der Waals surface area contributed by atoms with Gasteiger partial charge < -0.3 is 0 Å². The standard InChI is InChI=1S/C24H64N12P4/c1-17(2)25-37(26-18(3)4)33-38(27-19(5)6,28-20(7)8)35-40(31-23(13)14,32-24(15)16)36-39(34-37,29-21(9)10)30-22(11)12/h17-32H,1-16H3. The highest BCUT2D eigenvalue weighted by atomic mass is 31.3. The van der Waals surface area contributed by atoms with Gasteiger partial charge in [0.05, 0.1) is 0 Å². The van der Waals surface area contributed by atoms with Crippen LogP contribution in [0.25, 0.3) is 0 Å². The fourth-order valence-corrected chi connectivity index (χ4v) is 21.5. The summed E-state index contributed by atoms with van der Waals surface area (Å²) in [4.78, 5) is 0. The summed E-state index contributed by atoms with van der Waals surface area (Å²) < 4.78 is 23.0. The van der Waals surface area contributed by atoms with Crippen LogP contribution in [0, 0.1) is 0 Å². The summed E-state index contributed by atoms with van der Waals surface area (Å²) in [5, 5.41) is 30.6. The van der Waals surface area contributed by atoms with Gasteiger partial charge in [0, 0.05) is 48.3 Å². The van der Waals surface area contributed by atoms with Gasteiger partial charge in [0.25, 0.3) is 0 Å². The third kappa shape index (κ3) is 13.1. The summed E-state index contributed by atoms with van der Waals surface area (Å²) in [6.45, 7) is 34.4. The molecule has 0 aromatic heterocycles. The minimum absolute atomic E-state index is 0.133. The molecule has 0 unspecified atom stereocenters. The van der Waals surface area contributed by atoms with Crippen molar-refractivity contribution in [1.82, 2.24) is 40.7 Å². The van der Waals surface area contributed by atoms with E-state index in [1.807, 2.05) is 0 Å². The van der Waals surface area contributed by atoms with Crippen molar-refractivity contribution in [3.8, 4) is 0 Å². The van der Waals surface area contributed by atoms with Gasteiger partial charge in [-0.1, -0.05) is 0 Å². The summed E-state index contributed by atoms with van der Waals surface area (Å²) in [7, 11) is -11.2. The molecule has 0 spiro atoms. The van der Waals surface area contributed by atoms with Gasteiger partial charge in [0.2, 0.25) is 30.0 Å². The third-order valence-electron chi connectivity index (χ3n) is 4.54. The summed E-state index contributed by atoms with van der Waals surface area (Å²) in [6, 6.07) is 1.06. The first-order valence-electron chi connectivity index (χ1n) is 14.9. The Hall–Kier alpha value is 0.600. The monoisotopic (exact) mass is 644 g/mol. The van der Waals surface area contributed by atoms with Gasteiger partial charge in [-0.3, -0.25) is 40.7 Å². The largest absolute Gasteiger partial charge is 0.251 e. The molecule has 40 heavy (non-hydrogen) atoms. The quantitative estimate of drug-likeness (QED) is 0.0796. The van der Waals surface area contributed by atoms with Gasteiger partial charge in [-0.05, 0) is 111 Å². The molecule has 1 rings (SSSR count). The maximum absolute atomic E-state index is 5.76. The maximum Gasteiger partial charge on any atom is 0.216 e. The zero-order chi connectivity index (χ0) is 31.1. The van der Waals surface area contributed by atoms with Gasteiger partial charge in [0.1, 0.15) is 0 Å². The van der Waals surface area contributed by atoms with E-state index in [-0.39, 0.29) is 48.3 Å². The molecule has 0 aromatic carbocycles. The fourth-order valence-electron chi connectivity index (χ4n) is 4.26. The molecule has 1 aliphatic heterocycles. The number of nitrogens with one attached hydrogen (secondary N) is 8. The maximum atomic E-state index is 5.76. The lowest BCUT2D eigenvalue weighted by molar-refractivity contribution is 0.687. The predicted octanol–water partition coefficient (Wildman–Crippen LogP) is 7.77. The van der Waals surface area contributed by atoms with Gasteiger partial charge in [-0.25, -0.2) is 0 Å². The second kappa shape index (κ2) is 16.1. The smallest absolute Gasteiger partial charge is 0.216 e. The topological polar surface area (TPSA) is 146 Å². The number of hydrogen-bond acceptors (Lipinski definition) is 12. The Morgan fingerprint density at radius 2 is 0.350 bits per heavy atom. The van der Waals surface area contributed by atoms with Crippen molar-refractivity contribution in [2.75, 3.05) is 0 Å². The minimum Gasteiger partial charge on any atom is -0.251 e. The van der Waals surface area contributed by atoms with Gasteiger partial charge in [-0.2, -0.15) is 18.1 Å². The molecule has 0 fully saturated rings. The van der Waals surface area contributed by atoms with Crippen molar-refractivity contribution in [2.45, 2.75) is 159 Å². The Balaban J connectivity index is 4.67. The van der Waals surface area contributed by atoms with E-state index in [1.54, 1.807) is 0 Å². The molecule has 0 bridgehead atoms. The first kappa shape index (κ1) is 38.6. The summed E-state index contributed by atoms with van der Waals surface area (Å²) in [5.74, 6) is 0. The van der Waals surface area contributed by atoms with E-state index in [1.165, 1.54) is 0 Å². The SMILES string of the molecule is CC(C)NP1(NC(C)C)=NP(NC(C)C)(NC(C)C)=NP(NC(C)C)(NC(C)C)=NP(NC(C)C)(NC(C)C)=N1. The van der Waals surface area contributed by atoms with Crippen LogP contribution in [0.5, 0.6) is 0 Å². The Kier molecular flexibility index (Phi) is 15.5. The Morgan fingerprint density at radius 1 is 0.250 bits per heavy atom. The van der Waals surface area contributed by atoms with Crippen LogP contribution in [-0.2, 0) is 0 Å². The molecule has 0 amide bonds. The van der Waals surface area contributed by atoms with E-state index in [4.69, 9.17) is 18.1 Å². The molecule has 240 valence electrons. The highest BCUT2D eigenvalue weighted by Crippen LogP contribution is 2.72. The molecule has 1 aliphatic rings. The van der Waals surface area contributed by atoms with Crippen LogP contribution in [0.15, 0.2) is 18.1 Å². The molecule has 0 radical (unpaired) electrons. The summed E-state index contributed by atoms with van der Waals surface area (Å²) >= 11 is 0. The second-order valence-electron chi connectivity index (χ2n) is 13.0. The van der Waals surface area contributed by atoms with E-state index in [2.05, 4.69) is 151 Å². The molecule has 16 heteroatoms. The van der Waals surface area contributed by atoms with Crippen LogP contribution >= 0.6 is 30.0 Å². The van der Waals surface area contributed by atoms with Crippen molar-refractivity contribution in [3.63, 3.8) is 0 Å². The first-order chi connectivity index (χ1) is 18.2. The van der Waals surface area contributed by atoms with Crippen molar-refractivity contribution < 1.29 is 0 Å². The highest BCUT2D eigenvalue weighted by molar-refractivity contribution is 7.84. The molecule has 0 saturated carbocycles. The molecule has 0 saturated heterocycles. The minimum atomic E-state index is -2.79. The van der Waals surface area contributed by atoms with Crippen LogP contribution in [0.1, 0.15) is 111 Å². The van der Waals surface area contributed by atoms with Crippen molar-refractivity contribution in [2.24, 2.45) is 18.1 Å². The third-order valence-corrected chi connectivity index (χ3v) is 19.8. The van der Waals surface area contributed by atoms with Crippen molar-refractivity contribution in [1.29, 1.82) is 0 Å². The molecule has 1 heterocycles. The van der Waals surface area contributed by atoms with Gasteiger partial charge in [0.15, 0.2) is 0 Å². The molecular formula is C24H64N12P4. The zero-order valence-electron chi connectivity index (χ0n) is 28.2. The average molecular weight is 645 g/mol. The molecule has 0 aliphatic carbocycles. The van der Waals surface area contributed by atoms with E-state index in [9.17, 15) is 0 Å². The van der Waals surface area contributed by atoms with Crippen molar-refractivity contribution >= 4 is 30.0 Å². The number of hydrogen-bond donors (Lipinski definition) is 8. The van der Waals surface area contributed by atoms with Crippen LogP contribution in [0.4, 0.5) is 0 Å². The fraction of sp³-hybridized carbons (Fsp3) is 1.00. The Bertz CT molecular complexity index is 777. The summed E-state index contributed by atoms with van der Waals surface area (Å²) in [6.07, 6.45) is 0. The second-order valence-corrected chi connectivity index (χ2v) is 22.8. The first-order valence-corrected chi connectivity index (χ1v) is 21.7. The Labute approximate surface area is 247 Å². The number of rotatable bonds is 16. The van der Waals surface area contributed by atoms with Crippen molar-refractivity contribution in [3.05, 3.63) is 0 Å². The lowest BCUT2D eigenvalue weighted by atomic mass is 10.4. The predicted molar refractivity (Wildman–Crippen MR) is 184 cm³/mol.